The third-order valence-corrected chi connectivity index (χ3v) is 2.67. The fourth-order valence-corrected chi connectivity index (χ4v) is 1.77. The summed E-state index contributed by atoms with van der Waals surface area (Å²) in [6.07, 6.45) is 3.01. The zero-order chi connectivity index (χ0) is 8.97. The molecule has 0 radical (unpaired) electrons. The molecule has 3 nitrogen and oxygen atoms in total. The molecule has 0 fully saturated rings. The molecular weight excluding hydrogens is 242 g/mol. The van der Waals surface area contributed by atoms with Crippen LogP contribution in [0.5, 0.6) is 0 Å². The van der Waals surface area contributed by atoms with Crippen molar-refractivity contribution in [3.8, 4) is 0 Å². The van der Waals surface area contributed by atoms with Crippen molar-refractivity contribution in [2.45, 2.75) is 0 Å². The highest BCUT2D eigenvalue weighted by atomic mass is 79.9. The first-order valence-electron chi connectivity index (χ1n) is 3.10. The van der Waals surface area contributed by atoms with Crippen LogP contribution < -0.4 is 0 Å². The minimum Gasteiger partial charge on any atom is -0.466 e. The molecule has 0 N–H and O–H groups in total. The second kappa shape index (κ2) is 4.37. The van der Waals surface area contributed by atoms with Crippen LogP contribution in [0.2, 0.25) is 0 Å². The van der Waals surface area contributed by atoms with Gasteiger partial charge in [-0.25, -0.2) is 4.79 Å². The van der Waals surface area contributed by atoms with Crippen LogP contribution in [0.1, 0.15) is 5.56 Å². The maximum atomic E-state index is 10.7. The Balaban J connectivity index is 2.69. The van der Waals surface area contributed by atoms with Gasteiger partial charge in [-0.15, -0.1) is 0 Å². The van der Waals surface area contributed by atoms with Crippen LogP contribution in [-0.4, -0.2) is 17.5 Å². The molecule has 1 aromatic rings. The van der Waals surface area contributed by atoms with E-state index in [1.807, 2.05) is 5.38 Å². The molecule has 0 spiro atoms. The van der Waals surface area contributed by atoms with Crippen molar-refractivity contribution in [1.29, 1.82) is 0 Å². The van der Waals surface area contributed by atoms with Crippen LogP contribution >= 0.6 is 27.5 Å². The van der Waals surface area contributed by atoms with E-state index in [4.69, 9.17) is 0 Å². The number of methoxy groups -OCH3 is 1. The maximum Gasteiger partial charge on any atom is 0.330 e. The lowest BCUT2D eigenvalue weighted by atomic mass is 10.3. The summed E-state index contributed by atoms with van der Waals surface area (Å²) < 4.78 is 9.15. The molecule has 0 aliphatic carbocycles. The molecule has 0 saturated carbocycles. The fraction of sp³-hybridized carbons (Fsp3) is 0.143. The molecule has 5 heteroatoms. The molecule has 0 atom stereocenters. The minimum absolute atomic E-state index is 0.367. The van der Waals surface area contributed by atoms with Crippen molar-refractivity contribution < 1.29 is 9.53 Å². The zero-order valence-corrected chi connectivity index (χ0v) is 8.68. The second-order valence-corrected chi connectivity index (χ2v) is 3.30. The standard InChI is InChI=1S/C7H6BrNO2S/c1-11-6(10)3-2-5-4-12-9-7(5)8/h2-4H,1H3/b3-2+. The van der Waals surface area contributed by atoms with Crippen molar-refractivity contribution in [3.05, 3.63) is 21.6 Å². The van der Waals surface area contributed by atoms with E-state index in [1.54, 1.807) is 6.08 Å². The maximum absolute atomic E-state index is 10.7. The molecule has 0 unspecified atom stereocenters. The molecular formula is C7H6BrNO2S. The molecule has 0 aliphatic heterocycles. The highest BCUT2D eigenvalue weighted by molar-refractivity contribution is 9.10. The van der Waals surface area contributed by atoms with Crippen molar-refractivity contribution in [1.82, 2.24) is 4.37 Å². The molecule has 64 valence electrons. The average Bonchev–Trinajstić information content (AvgIpc) is 2.47. The summed E-state index contributed by atoms with van der Waals surface area (Å²) in [5, 5.41) is 1.84. The van der Waals surface area contributed by atoms with Crippen LogP contribution in [-0.2, 0) is 9.53 Å². The zero-order valence-electron chi connectivity index (χ0n) is 6.28. The molecule has 1 rings (SSSR count). The normalized spacial score (nSPS) is 10.5. The molecule has 0 aliphatic rings. The Morgan fingerprint density at radius 1 is 1.83 bits per heavy atom. The van der Waals surface area contributed by atoms with E-state index in [0.29, 0.717) is 0 Å². The molecule has 0 aromatic carbocycles. The first-order chi connectivity index (χ1) is 5.74. The summed E-state index contributed by atoms with van der Waals surface area (Å²) >= 11 is 4.56. The molecule has 1 aromatic heterocycles. The lowest BCUT2D eigenvalue weighted by Gasteiger charge is -1.88. The van der Waals surface area contributed by atoms with E-state index in [9.17, 15) is 4.79 Å². The van der Waals surface area contributed by atoms with Gasteiger partial charge in [0.15, 0.2) is 0 Å². The van der Waals surface area contributed by atoms with Crippen molar-refractivity contribution in [2.24, 2.45) is 0 Å². The Labute approximate surface area is 82.3 Å². The first kappa shape index (κ1) is 9.41. The number of halogens is 1. The van der Waals surface area contributed by atoms with Gasteiger partial charge < -0.3 is 4.74 Å². The van der Waals surface area contributed by atoms with Gasteiger partial charge in [0.05, 0.1) is 7.11 Å². The van der Waals surface area contributed by atoms with Gasteiger partial charge in [0.1, 0.15) is 4.60 Å². The van der Waals surface area contributed by atoms with E-state index < -0.39 is 0 Å². The van der Waals surface area contributed by atoms with Crippen LogP contribution in [0.25, 0.3) is 6.08 Å². The van der Waals surface area contributed by atoms with Gasteiger partial charge in [0.25, 0.3) is 0 Å². The predicted octanol–water partition coefficient (Wildman–Crippen LogP) is 2.09. The topological polar surface area (TPSA) is 39.2 Å². The third kappa shape index (κ3) is 2.42. The Morgan fingerprint density at radius 3 is 3.08 bits per heavy atom. The highest BCUT2D eigenvalue weighted by Crippen LogP contribution is 2.18. The van der Waals surface area contributed by atoms with Gasteiger partial charge in [-0.2, -0.15) is 4.37 Å². The highest BCUT2D eigenvalue weighted by Gasteiger charge is 1.98. The summed E-state index contributed by atoms with van der Waals surface area (Å²) in [6, 6.07) is 0. The third-order valence-electron chi connectivity index (χ3n) is 1.15. The number of hydrogen-bond acceptors (Lipinski definition) is 4. The lowest BCUT2D eigenvalue weighted by molar-refractivity contribution is -0.134. The number of carbonyl (C=O) groups is 1. The Kier molecular flexibility index (Phi) is 3.43. The van der Waals surface area contributed by atoms with Crippen molar-refractivity contribution >= 4 is 39.5 Å². The smallest absolute Gasteiger partial charge is 0.330 e. The van der Waals surface area contributed by atoms with Gasteiger partial charge in [-0.3, -0.25) is 0 Å². The summed E-state index contributed by atoms with van der Waals surface area (Å²) in [7, 11) is 1.34. The number of carbonyl (C=O) groups excluding carboxylic acids is 1. The molecule has 0 amide bonds. The quantitative estimate of drug-likeness (QED) is 0.594. The van der Waals surface area contributed by atoms with Crippen LogP contribution in [0.4, 0.5) is 0 Å². The summed E-state index contributed by atoms with van der Waals surface area (Å²) in [5.41, 5.74) is 0.880. The number of nitrogens with zero attached hydrogens (tertiary/aromatic N) is 1. The van der Waals surface area contributed by atoms with Gasteiger partial charge in [-0.1, -0.05) is 0 Å². The molecule has 0 bridgehead atoms. The summed E-state index contributed by atoms with van der Waals surface area (Å²) in [4.78, 5) is 10.7. The molecule has 12 heavy (non-hydrogen) atoms. The van der Waals surface area contributed by atoms with E-state index in [-0.39, 0.29) is 5.97 Å². The number of aromatic nitrogens is 1. The Morgan fingerprint density at radius 2 is 2.58 bits per heavy atom. The van der Waals surface area contributed by atoms with Crippen LogP contribution in [0.15, 0.2) is 16.1 Å². The number of ether oxygens (including phenoxy) is 1. The van der Waals surface area contributed by atoms with Gasteiger partial charge in [0.2, 0.25) is 0 Å². The molecule has 0 saturated heterocycles. The fourth-order valence-electron chi connectivity index (χ4n) is 0.565. The minimum atomic E-state index is -0.367. The van der Waals surface area contributed by atoms with E-state index >= 15 is 0 Å². The van der Waals surface area contributed by atoms with Gasteiger partial charge >= 0.3 is 5.97 Å². The van der Waals surface area contributed by atoms with E-state index in [1.165, 1.54) is 24.7 Å². The SMILES string of the molecule is COC(=O)/C=C/c1csnc1Br. The van der Waals surface area contributed by atoms with Gasteiger partial charge in [-0.05, 0) is 33.5 Å². The van der Waals surface area contributed by atoms with Crippen molar-refractivity contribution in [2.75, 3.05) is 7.11 Å². The van der Waals surface area contributed by atoms with Crippen LogP contribution in [0, 0.1) is 0 Å². The van der Waals surface area contributed by atoms with Crippen molar-refractivity contribution in [3.63, 3.8) is 0 Å². The van der Waals surface area contributed by atoms with E-state index in [2.05, 4.69) is 25.0 Å². The summed E-state index contributed by atoms with van der Waals surface area (Å²) in [6.45, 7) is 0. The lowest BCUT2D eigenvalue weighted by Crippen LogP contribution is -1.92. The Bertz CT molecular complexity index is 308. The van der Waals surface area contributed by atoms with Gasteiger partial charge in [0, 0.05) is 17.0 Å². The Hall–Kier alpha value is -0.680. The average molecular weight is 248 g/mol. The number of esters is 1. The van der Waals surface area contributed by atoms with Crippen LogP contribution in [0.3, 0.4) is 0 Å². The monoisotopic (exact) mass is 247 g/mol. The second-order valence-electron chi connectivity index (χ2n) is 1.92. The molecule has 1 heterocycles. The predicted molar refractivity (Wildman–Crippen MR) is 50.9 cm³/mol. The first-order valence-corrected chi connectivity index (χ1v) is 4.73. The number of hydrogen-bond donors (Lipinski definition) is 0. The summed E-state index contributed by atoms with van der Waals surface area (Å²) in [5.74, 6) is -0.367. The largest absolute Gasteiger partial charge is 0.466 e. The number of rotatable bonds is 2. The van der Waals surface area contributed by atoms with E-state index in [0.717, 1.165) is 10.2 Å².